The van der Waals surface area contributed by atoms with Crippen molar-refractivity contribution in [3.63, 3.8) is 0 Å². The van der Waals surface area contributed by atoms with E-state index in [2.05, 4.69) is 10.4 Å². The quantitative estimate of drug-likeness (QED) is 0.568. The summed E-state index contributed by atoms with van der Waals surface area (Å²) in [6.07, 6.45) is 1.55. The highest BCUT2D eigenvalue weighted by Gasteiger charge is 2.18. The van der Waals surface area contributed by atoms with Gasteiger partial charge in [0.15, 0.2) is 0 Å². The third-order valence-electron chi connectivity index (χ3n) is 4.91. The Labute approximate surface area is 167 Å². The smallest absolute Gasteiger partial charge is 0.252 e. The molecule has 0 saturated carbocycles. The second-order valence-electron chi connectivity index (χ2n) is 7.14. The molecule has 29 heavy (non-hydrogen) atoms. The first-order chi connectivity index (χ1) is 13.9. The molecule has 4 aromatic rings. The van der Waals surface area contributed by atoms with Gasteiger partial charge in [-0.05, 0) is 50.6 Å². The molecular weight excluding hydrogens is 368 g/mol. The van der Waals surface area contributed by atoms with E-state index in [0.29, 0.717) is 11.4 Å². The molecule has 0 atom stereocenters. The van der Waals surface area contributed by atoms with E-state index in [-0.39, 0.29) is 24.6 Å². The van der Waals surface area contributed by atoms with Gasteiger partial charge in [0.25, 0.3) is 5.56 Å². The van der Waals surface area contributed by atoms with E-state index in [0.717, 1.165) is 27.9 Å². The van der Waals surface area contributed by atoms with Crippen LogP contribution in [0.2, 0.25) is 0 Å². The SMILES string of the molecule is Cc1ccc(-n2nc(C)c3c(C)cc(=O)n(CC(=O)NCc4ccco4)c32)cc1. The summed E-state index contributed by atoms with van der Waals surface area (Å²) >= 11 is 0. The van der Waals surface area contributed by atoms with E-state index in [1.54, 1.807) is 29.1 Å². The molecule has 0 bridgehead atoms. The molecule has 4 rings (SSSR count). The van der Waals surface area contributed by atoms with E-state index >= 15 is 0 Å². The molecule has 3 aromatic heterocycles. The average Bonchev–Trinajstić information content (AvgIpc) is 3.32. The van der Waals surface area contributed by atoms with Gasteiger partial charge in [0.2, 0.25) is 5.91 Å². The normalized spacial score (nSPS) is 11.1. The van der Waals surface area contributed by atoms with Gasteiger partial charge in [-0.1, -0.05) is 17.7 Å². The second kappa shape index (κ2) is 7.43. The van der Waals surface area contributed by atoms with Crippen LogP contribution in [-0.4, -0.2) is 20.3 Å². The van der Waals surface area contributed by atoms with Crippen molar-refractivity contribution in [2.24, 2.45) is 0 Å². The maximum Gasteiger partial charge on any atom is 0.252 e. The van der Waals surface area contributed by atoms with E-state index in [4.69, 9.17) is 4.42 Å². The van der Waals surface area contributed by atoms with Crippen LogP contribution in [0.3, 0.4) is 0 Å². The molecule has 1 amide bonds. The van der Waals surface area contributed by atoms with Crippen molar-refractivity contribution in [2.75, 3.05) is 0 Å². The molecule has 148 valence electrons. The van der Waals surface area contributed by atoms with Crippen molar-refractivity contribution in [1.29, 1.82) is 0 Å². The largest absolute Gasteiger partial charge is 0.467 e. The first-order valence-electron chi connectivity index (χ1n) is 9.40. The number of nitrogens with one attached hydrogen (secondary N) is 1. The van der Waals surface area contributed by atoms with Crippen molar-refractivity contribution < 1.29 is 9.21 Å². The van der Waals surface area contributed by atoms with Crippen LogP contribution in [0.5, 0.6) is 0 Å². The van der Waals surface area contributed by atoms with Crippen molar-refractivity contribution in [2.45, 2.75) is 33.9 Å². The number of aromatic nitrogens is 3. The molecule has 0 saturated heterocycles. The summed E-state index contributed by atoms with van der Waals surface area (Å²) in [5, 5.41) is 8.33. The van der Waals surface area contributed by atoms with Crippen LogP contribution in [0.1, 0.15) is 22.6 Å². The lowest BCUT2D eigenvalue weighted by Gasteiger charge is -2.12. The fraction of sp³-hybridized carbons (Fsp3) is 0.227. The van der Waals surface area contributed by atoms with Crippen LogP contribution in [0.25, 0.3) is 16.7 Å². The van der Waals surface area contributed by atoms with Gasteiger partial charge >= 0.3 is 0 Å². The van der Waals surface area contributed by atoms with E-state index in [1.165, 1.54) is 4.57 Å². The Morgan fingerprint density at radius 3 is 2.59 bits per heavy atom. The third kappa shape index (κ3) is 3.59. The lowest BCUT2D eigenvalue weighted by atomic mass is 10.1. The van der Waals surface area contributed by atoms with E-state index in [9.17, 15) is 9.59 Å². The molecule has 1 aromatic carbocycles. The number of benzene rings is 1. The number of rotatable bonds is 5. The van der Waals surface area contributed by atoms with Gasteiger partial charge in [-0.3, -0.25) is 14.2 Å². The molecule has 0 radical (unpaired) electrons. The predicted octanol–water partition coefficient (Wildman–Crippen LogP) is 3.02. The molecule has 7 nitrogen and oxygen atoms in total. The standard InChI is InChI=1S/C22H22N4O3/c1-14-6-8-17(9-7-14)26-22-21(16(3)24-26)15(2)11-20(28)25(22)13-19(27)23-12-18-5-4-10-29-18/h4-11H,12-13H2,1-3H3,(H,23,27). The van der Waals surface area contributed by atoms with Crippen LogP contribution < -0.4 is 10.9 Å². The van der Waals surface area contributed by atoms with Crippen molar-refractivity contribution in [1.82, 2.24) is 19.7 Å². The number of aryl methyl sites for hydroxylation is 3. The second-order valence-corrected chi connectivity index (χ2v) is 7.14. The minimum absolute atomic E-state index is 0.104. The molecule has 3 heterocycles. The summed E-state index contributed by atoms with van der Waals surface area (Å²) in [5.74, 6) is 0.378. The number of hydrogen-bond donors (Lipinski definition) is 1. The van der Waals surface area contributed by atoms with Gasteiger partial charge in [-0.15, -0.1) is 0 Å². The van der Waals surface area contributed by atoms with Gasteiger partial charge in [-0.2, -0.15) is 5.10 Å². The Kier molecular flexibility index (Phi) is 4.80. The Hall–Kier alpha value is -3.61. The molecule has 0 aliphatic carbocycles. The summed E-state index contributed by atoms with van der Waals surface area (Å²) in [6, 6.07) is 13.0. The maximum atomic E-state index is 12.8. The molecule has 0 spiro atoms. The number of carbonyl (C=O) groups is 1. The van der Waals surface area contributed by atoms with Gasteiger partial charge in [0.1, 0.15) is 18.0 Å². The number of furan rings is 1. The number of amides is 1. The van der Waals surface area contributed by atoms with Crippen molar-refractivity contribution >= 4 is 16.9 Å². The minimum Gasteiger partial charge on any atom is -0.467 e. The molecule has 7 heteroatoms. The summed E-state index contributed by atoms with van der Waals surface area (Å²) in [5.41, 5.74) is 3.99. The lowest BCUT2D eigenvalue weighted by Crippen LogP contribution is -2.32. The van der Waals surface area contributed by atoms with Gasteiger partial charge < -0.3 is 9.73 Å². The number of pyridine rings is 1. The maximum absolute atomic E-state index is 12.8. The molecule has 0 aliphatic heterocycles. The molecule has 0 fully saturated rings. The zero-order chi connectivity index (χ0) is 20.5. The number of fused-ring (bicyclic) bond motifs is 1. The first-order valence-corrected chi connectivity index (χ1v) is 9.40. The van der Waals surface area contributed by atoms with Gasteiger partial charge in [-0.25, -0.2) is 4.68 Å². The van der Waals surface area contributed by atoms with Gasteiger partial charge in [0.05, 0.1) is 24.2 Å². The fourth-order valence-electron chi connectivity index (χ4n) is 3.48. The monoisotopic (exact) mass is 390 g/mol. The highest BCUT2D eigenvalue weighted by Crippen LogP contribution is 2.24. The van der Waals surface area contributed by atoms with Crippen molar-refractivity contribution in [3.05, 3.63) is 81.7 Å². The fourth-order valence-corrected chi connectivity index (χ4v) is 3.48. The summed E-state index contributed by atoms with van der Waals surface area (Å²) in [6.45, 7) is 5.98. The zero-order valence-corrected chi connectivity index (χ0v) is 16.6. The summed E-state index contributed by atoms with van der Waals surface area (Å²) in [4.78, 5) is 25.3. The predicted molar refractivity (Wildman–Crippen MR) is 110 cm³/mol. The molecule has 0 unspecified atom stereocenters. The summed E-state index contributed by atoms with van der Waals surface area (Å²) < 4.78 is 8.44. The number of nitrogens with zero attached hydrogens (tertiary/aromatic N) is 3. The average molecular weight is 390 g/mol. The molecule has 0 aliphatic rings. The third-order valence-corrected chi connectivity index (χ3v) is 4.91. The lowest BCUT2D eigenvalue weighted by molar-refractivity contribution is -0.121. The zero-order valence-electron chi connectivity index (χ0n) is 16.6. The topological polar surface area (TPSA) is 82.1 Å². The Morgan fingerprint density at radius 1 is 1.14 bits per heavy atom. The van der Waals surface area contributed by atoms with E-state index in [1.807, 2.05) is 45.0 Å². The Bertz CT molecular complexity index is 1230. The van der Waals surface area contributed by atoms with Crippen LogP contribution in [-0.2, 0) is 17.9 Å². The van der Waals surface area contributed by atoms with Crippen LogP contribution in [0.15, 0.2) is 57.9 Å². The Morgan fingerprint density at radius 2 is 1.90 bits per heavy atom. The Balaban J connectivity index is 1.77. The van der Waals surface area contributed by atoms with Crippen LogP contribution >= 0.6 is 0 Å². The minimum atomic E-state index is -0.275. The van der Waals surface area contributed by atoms with Crippen molar-refractivity contribution in [3.8, 4) is 5.69 Å². The van der Waals surface area contributed by atoms with Crippen LogP contribution in [0.4, 0.5) is 0 Å². The highest BCUT2D eigenvalue weighted by atomic mass is 16.3. The molecule has 1 N–H and O–H groups in total. The van der Waals surface area contributed by atoms with E-state index < -0.39 is 0 Å². The molecular formula is C22H22N4O3. The van der Waals surface area contributed by atoms with Crippen LogP contribution in [0, 0.1) is 20.8 Å². The van der Waals surface area contributed by atoms with Gasteiger partial charge in [0, 0.05) is 11.5 Å². The number of hydrogen-bond acceptors (Lipinski definition) is 4. The number of carbonyl (C=O) groups excluding carboxylic acids is 1. The highest BCUT2D eigenvalue weighted by molar-refractivity contribution is 5.85. The first kappa shape index (κ1) is 18.7. The summed E-state index contributed by atoms with van der Waals surface area (Å²) in [7, 11) is 0.